The highest BCUT2D eigenvalue weighted by atomic mass is 35.5. The van der Waals surface area contributed by atoms with E-state index in [0.29, 0.717) is 17.9 Å². The lowest BCUT2D eigenvalue weighted by molar-refractivity contribution is -0.119. The molecule has 0 amide bonds. The van der Waals surface area contributed by atoms with Crippen molar-refractivity contribution < 1.29 is 4.79 Å². The lowest BCUT2D eigenvalue weighted by atomic mass is 9.78. The third-order valence-corrected chi connectivity index (χ3v) is 4.35. The number of hydrogen-bond acceptors (Lipinski definition) is 2. The summed E-state index contributed by atoms with van der Waals surface area (Å²) in [5, 5.41) is 0.683. The number of nitrogens with two attached hydrogens (primary N) is 1. The molecule has 3 heteroatoms. The van der Waals surface area contributed by atoms with E-state index in [1.54, 1.807) is 0 Å². The highest BCUT2D eigenvalue weighted by Gasteiger charge is 2.29. The van der Waals surface area contributed by atoms with Gasteiger partial charge in [-0.25, -0.2) is 0 Å². The molecule has 2 nitrogen and oxygen atoms in total. The molecule has 1 aliphatic carbocycles. The largest absolute Gasteiger partial charge is 0.325 e. The molecular formula is C16H22ClNO. The summed E-state index contributed by atoms with van der Waals surface area (Å²) in [6, 6.07) is 5.84. The topological polar surface area (TPSA) is 43.1 Å². The minimum atomic E-state index is -0.271. The molecule has 1 aromatic rings. The maximum absolute atomic E-state index is 12.2. The fourth-order valence-electron chi connectivity index (χ4n) is 2.90. The standard InChI is InChI=1S/C16H22ClNO/c1-12-5-6-13(15(17)9-12)10-14(19)11-16(18)7-3-2-4-8-16/h5-6,9H,2-4,7-8,10-11,18H2,1H3. The maximum Gasteiger partial charge on any atom is 0.139 e. The third kappa shape index (κ3) is 4.05. The fraction of sp³-hybridized carbons (Fsp3) is 0.562. The predicted molar refractivity (Wildman–Crippen MR) is 79.5 cm³/mol. The quantitative estimate of drug-likeness (QED) is 0.911. The Morgan fingerprint density at radius 3 is 2.63 bits per heavy atom. The number of rotatable bonds is 4. The van der Waals surface area contributed by atoms with Crippen molar-refractivity contribution in [1.82, 2.24) is 0 Å². The van der Waals surface area contributed by atoms with E-state index in [4.69, 9.17) is 17.3 Å². The van der Waals surface area contributed by atoms with Crippen molar-refractivity contribution in [3.63, 3.8) is 0 Å². The first-order chi connectivity index (χ1) is 8.98. The number of benzene rings is 1. The fourth-order valence-corrected chi connectivity index (χ4v) is 3.20. The van der Waals surface area contributed by atoms with Gasteiger partial charge in [0.1, 0.15) is 5.78 Å². The van der Waals surface area contributed by atoms with E-state index in [2.05, 4.69) is 0 Å². The van der Waals surface area contributed by atoms with Crippen LogP contribution in [0.1, 0.15) is 49.7 Å². The molecule has 0 atom stereocenters. The van der Waals surface area contributed by atoms with Crippen LogP contribution in [0.2, 0.25) is 5.02 Å². The van der Waals surface area contributed by atoms with Crippen LogP contribution in [-0.4, -0.2) is 11.3 Å². The van der Waals surface area contributed by atoms with E-state index >= 15 is 0 Å². The maximum atomic E-state index is 12.2. The molecule has 0 radical (unpaired) electrons. The summed E-state index contributed by atoms with van der Waals surface area (Å²) in [6.45, 7) is 1.99. The Morgan fingerprint density at radius 1 is 1.32 bits per heavy atom. The molecule has 0 unspecified atom stereocenters. The first-order valence-electron chi connectivity index (χ1n) is 7.04. The number of Topliss-reactive ketones (excluding diaryl/α,β-unsaturated/α-hetero) is 1. The highest BCUT2D eigenvalue weighted by Crippen LogP contribution is 2.29. The van der Waals surface area contributed by atoms with Crippen LogP contribution >= 0.6 is 11.6 Å². The van der Waals surface area contributed by atoms with Crippen molar-refractivity contribution in [3.05, 3.63) is 34.3 Å². The average Bonchev–Trinajstić information content (AvgIpc) is 2.33. The normalized spacial score (nSPS) is 18.3. The molecule has 0 saturated heterocycles. The number of halogens is 1. The highest BCUT2D eigenvalue weighted by molar-refractivity contribution is 6.31. The molecule has 0 aliphatic heterocycles. The SMILES string of the molecule is Cc1ccc(CC(=O)CC2(N)CCCCC2)c(Cl)c1. The van der Waals surface area contributed by atoms with Crippen molar-refractivity contribution >= 4 is 17.4 Å². The summed E-state index contributed by atoms with van der Waals surface area (Å²) in [5.74, 6) is 0.204. The number of ketones is 1. The molecule has 19 heavy (non-hydrogen) atoms. The van der Waals surface area contributed by atoms with Crippen molar-refractivity contribution in [2.45, 2.75) is 57.4 Å². The summed E-state index contributed by atoms with van der Waals surface area (Å²) in [7, 11) is 0. The molecule has 1 saturated carbocycles. The predicted octanol–water partition coefficient (Wildman–Crippen LogP) is 3.81. The molecular weight excluding hydrogens is 258 g/mol. The molecule has 1 fully saturated rings. The average molecular weight is 280 g/mol. The van der Waals surface area contributed by atoms with Crippen LogP contribution in [-0.2, 0) is 11.2 Å². The lowest BCUT2D eigenvalue weighted by Gasteiger charge is -2.32. The van der Waals surface area contributed by atoms with Gasteiger partial charge < -0.3 is 5.73 Å². The van der Waals surface area contributed by atoms with Gasteiger partial charge in [0.25, 0.3) is 0 Å². The van der Waals surface area contributed by atoms with E-state index < -0.39 is 0 Å². The van der Waals surface area contributed by atoms with Gasteiger partial charge in [0.2, 0.25) is 0 Å². The van der Waals surface area contributed by atoms with Crippen LogP contribution in [0.15, 0.2) is 18.2 Å². The minimum Gasteiger partial charge on any atom is -0.325 e. The molecule has 0 spiro atoms. The second kappa shape index (κ2) is 6.06. The number of carbonyl (C=O) groups excluding carboxylic acids is 1. The van der Waals surface area contributed by atoms with Gasteiger partial charge in [-0.15, -0.1) is 0 Å². The van der Waals surface area contributed by atoms with Crippen LogP contribution in [0.5, 0.6) is 0 Å². The van der Waals surface area contributed by atoms with Crippen molar-refractivity contribution in [2.75, 3.05) is 0 Å². The zero-order valence-electron chi connectivity index (χ0n) is 11.5. The number of aryl methyl sites for hydroxylation is 1. The molecule has 1 aliphatic rings. The zero-order chi connectivity index (χ0) is 13.9. The Bertz CT molecular complexity index is 464. The smallest absolute Gasteiger partial charge is 0.139 e. The van der Waals surface area contributed by atoms with Crippen molar-refractivity contribution in [3.8, 4) is 0 Å². The van der Waals surface area contributed by atoms with Gasteiger partial charge in [-0.05, 0) is 37.0 Å². The second-order valence-corrected chi connectivity index (χ2v) is 6.32. The summed E-state index contributed by atoms with van der Waals surface area (Å²) >= 11 is 6.17. The molecule has 1 aromatic carbocycles. The van der Waals surface area contributed by atoms with Gasteiger partial charge >= 0.3 is 0 Å². The van der Waals surface area contributed by atoms with E-state index in [-0.39, 0.29) is 11.3 Å². The Morgan fingerprint density at radius 2 is 2.00 bits per heavy atom. The molecule has 104 valence electrons. The molecule has 0 bridgehead atoms. The minimum absolute atomic E-state index is 0.204. The van der Waals surface area contributed by atoms with Gasteiger partial charge in [0.05, 0.1) is 0 Å². The van der Waals surface area contributed by atoms with Gasteiger partial charge in [0, 0.05) is 23.4 Å². The zero-order valence-corrected chi connectivity index (χ0v) is 12.3. The first kappa shape index (κ1) is 14.5. The van der Waals surface area contributed by atoms with Crippen molar-refractivity contribution in [1.29, 1.82) is 0 Å². The summed E-state index contributed by atoms with van der Waals surface area (Å²) < 4.78 is 0. The van der Waals surface area contributed by atoms with E-state index in [9.17, 15) is 4.79 Å². The Balaban J connectivity index is 1.97. The third-order valence-electron chi connectivity index (χ3n) is 3.99. The van der Waals surface area contributed by atoms with E-state index in [1.807, 2.05) is 25.1 Å². The second-order valence-electron chi connectivity index (χ2n) is 5.91. The summed E-state index contributed by atoms with van der Waals surface area (Å²) in [5.41, 5.74) is 8.08. The van der Waals surface area contributed by atoms with Gasteiger partial charge in [-0.3, -0.25) is 4.79 Å². The monoisotopic (exact) mass is 279 g/mol. The van der Waals surface area contributed by atoms with Gasteiger partial charge in [-0.1, -0.05) is 43.0 Å². The molecule has 0 heterocycles. The summed E-state index contributed by atoms with van der Waals surface area (Å²) in [4.78, 5) is 12.2. The van der Waals surface area contributed by atoms with Crippen LogP contribution in [0, 0.1) is 6.92 Å². The van der Waals surface area contributed by atoms with Crippen LogP contribution in [0.25, 0.3) is 0 Å². The summed E-state index contributed by atoms with van der Waals surface area (Å²) in [6.07, 6.45) is 6.37. The molecule has 2 rings (SSSR count). The first-order valence-corrected chi connectivity index (χ1v) is 7.42. The van der Waals surface area contributed by atoms with E-state index in [0.717, 1.165) is 36.8 Å². The molecule has 2 N–H and O–H groups in total. The van der Waals surface area contributed by atoms with Gasteiger partial charge in [-0.2, -0.15) is 0 Å². The molecule has 0 aromatic heterocycles. The van der Waals surface area contributed by atoms with Crippen molar-refractivity contribution in [2.24, 2.45) is 5.73 Å². The Hall–Kier alpha value is -0.860. The number of hydrogen-bond donors (Lipinski definition) is 1. The Kier molecular flexibility index (Phi) is 4.64. The Labute approximate surface area is 120 Å². The van der Waals surface area contributed by atoms with Crippen LogP contribution in [0.4, 0.5) is 0 Å². The van der Waals surface area contributed by atoms with E-state index in [1.165, 1.54) is 6.42 Å². The number of carbonyl (C=O) groups is 1. The van der Waals surface area contributed by atoms with Crippen LogP contribution in [0.3, 0.4) is 0 Å². The van der Waals surface area contributed by atoms with Gasteiger partial charge in [0.15, 0.2) is 0 Å². The van der Waals surface area contributed by atoms with Crippen LogP contribution < -0.4 is 5.73 Å². The lowest BCUT2D eigenvalue weighted by Crippen LogP contribution is -2.43.